The van der Waals surface area contributed by atoms with Gasteiger partial charge in [0.2, 0.25) is 0 Å². The van der Waals surface area contributed by atoms with Crippen molar-refractivity contribution in [3.05, 3.63) is 0 Å². The average Bonchev–Trinajstić information content (AvgIpc) is 2.18. The molecule has 0 bridgehead atoms. The summed E-state index contributed by atoms with van der Waals surface area (Å²) in [6.07, 6.45) is 0.219. The molecule has 0 atom stereocenters. The topological polar surface area (TPSA) is 54.0 Å². The van der Waals surface area contributed by atoms with Crippen LogP contribution in [-0.2, 0) is 23.7 Å². The summed E-state index contributed by atoms with van der Waals surface area (Å²) in [5.74, 6) is -0.356. The summed E-state index contributed by atoms with van der Waals surface area (Å²) in [6.45, 7) is 11.3. The second-order valence-corrected chi connectivity index (χ2v) is 5.17. The summed E-state index contributed by atoms with van der Waals surface area (Å²) in [4.78, 5) is 11.3. The van der Waals surface area contributed by atoms with Gasteiger partial charge in [-0.3, -0.25) is 0 Å². The van der Waals surface area contributed by atoms with Gasteiger partial charge in [-0.2, -0.15) is 0 Å². The molecule has 0 aromatic rings. The first-order valence-electron chi connectivity index (χ1n) is 6.30. The summed E-state index contributed by atoms with van der Waals surface area (Å²) in [5, 5.41) is 0. The molecule has 0 saturated heterocycles. The van der Waals surface area contributed by atoms with Gasteiger partial charge in [0.1, 0.15) is 12.2 Å². The Bertz CT molecular complexity index is 220. The minimum absolute atomic E-state index is 0.0386. The predicted octanol–water partition coefficient (Wildman–Crippen LogP) is 1.79. The number of hydrogen-bond acceptors (Lipinski definition) is 5. The lowest BCUT2D eigenvalue weighted by atomic mass is 10.2. The van der Waals surface area contributed by atoms with Crippen LogP contribution in [0.4, 0.5) is 0 Å². The Morgan fingerprint density at radius 2 is 1.56 bits per heavy atom. The third-order valence-electron chi connectivity index (χ3n) is 1.69. The molecular formula is C13H26O5. The average molecular weight is 262 g/mol. The molecule has 0 aromatic heterocycles. The first-order chi connectivity index (χ1) is 8.31. The number of esters is 1. The second kappa shape index (κ2) is 9.30. The molecule has 0 aliphatic carbocycles. The number of ether oxygens (including phenoxy) is 4. The first-order valence-corrected chi connectivity index (χ1v) is 6.30. The molecule has 0 aliphatic heterocycles. The number of rotatable bonds is 9. The van der Waals surface area contributed by atoms with E-state index in [2.05, 4.69) is 0 Å². The molecular weight excluding hydrogens is 236 g/mol. The van der Waals surface area contributed by atoms with E-state index in [9.17, 15) is 4.79 Å². The smallest absolute Gasteiger partial charge is 0.332 e. The van der Waals surface area contributed by atoms with Gasteiger partial charge in [-0.1, -0.05) is 0 Å². The van der Waals surface area contributed by atoms with Gasteiger partial charge in [0.05, 0.1) is 32.5 Å². The minimum atomic E-state index is -0.467. The van der Waals surface area contributed by atoms with Crippen LogP contribution in [0, 0.1) is 0 Å². The van der Waals surface area contributed by atoms with Gasteiger partial charge >= 0.3 is 5.97 Å². The van der Waals surface area contributed by atoms with Crippen molar-refractivity contribution < 1.29 is 23.7 Å². The molecule has 0 amide bonds. The Balaban J connectivity index is 3.28. The molecule has 0 spiro atoms. The SMILES string of the molecule is CC(C)OCCOCCOCC(=O)OC(C)(C)C. The van der Waals surface area contributed by atoms with Crippen molar-refractivity contribution in [1.29, 1.82) is 0 Å². The van der Waals surface area contributed by atoms with Crippen LogP contribution in [0.5, 0.6) is 0 Å². The molecule has 0 fully saturated rings. The van der Waals surface area contributed by atoms with Crippen LogP contribution in [0.15, 0.2) is 0 Å². The van der Waals surface area contributed by atoms with Gasteiger partial charge in [-0.15, -0.1) is 0 Å². The first kappa shape index (κ1) is 17.4. The van der Waals surface area contributed by atoms with Gasteiger partial charge in [0.15, 0.2) is 0 Å². The Morgan fingerprint density at radius 1 is 1.00 bits per heavy atom. The lowest BCUT2D eigenvalue weighted by Crippen LogP contribution is -2.27. The summed E-state index contributed by atoms with van der Waals surface area (Å²) >= 11 is 0. The number of hydrogen-bond donors (Lipinski definition) is 0. The molecule has 0 N–H and O–H groups in total. The molecule has 0 radical (unpaired) electrons. The molecule has 0 rings (SSSR count). The normalized spacial score (nSPS) is 11.9. The van der Waals surface area contributed by atoms with Crippen molar-refractivity contribution in [3.63, 3.8) is 0 Å². The molecule has 0 heterocycles. The Morgan fingerprint density at radius 3 is 2.11 bits per heavy atom. The van der Waals surface area contributed by atoms with E-state index in [0.717, 1.165) is 0 Å². The standard InChI is InChI=1S/C13H26O5/c1-11(2)17-9-8-15-6-7-16-10-12(14)18-13(3,4)5/h11H,6-10H2,1-5H3. The fraction of sp³-hybridized carbons (Fsp3) is 0.923. The van der Waals surface area contributed by atoms with E-state index in [1.807, 2.05) is 34.6 Å². The molecule has 108 valence electrons. The second-order valence-electron chi connectivity index (χ2n) is 5.17. The van der Waals surface area contributed by atoms with Crippen LogP contribution in [0.3, 0.4) is 0 Å². The molecule has 0 unspecified atom stereocenters. The van der Waals surface area contributed by atoms with Crippen molar-refractivity contribution in [2.24, 2.45) is 0 Å². The van der Waals surface area contributed by atoms with E-state index in [1.54, 1.807) is 0 Å². The van der Waals surface area contributed by atoms with E-state index in [1.165, 1.54) is 0 Å². The molecule has 0 aromatic carbocycles. The zero-order chi connectivity index (χ0) is 14.0. The molecule has 18 heavy (non-hydrogen) atoms. The maximum absolute atomic E-state index is 11.3. The highest BCUT2D eigenvalue weighted by Crippen LogP contribution is 2.06. The monoisotopic (exact) mass is 262 g/mol. The maximum Gasteiger partial charge on any atom is 0.332 e. The Kier molecular flexibility index (Phi) is 8.97. The Hall–Kier alpha value is -0.650. The van der Waals surface area contributed by atoms with Crippen LogP contribution < -0.4 is 0 Å². The third kappa shape index (κ3) is 13.4. The fourth-order valence-corrected chi connectivity index (χ4v) is 1.09. The lowest BCUT2D eigenvalue weighted by Gasteiger charge is -2.19. The van der Waals surface area contributed by atoms with Crippen molar-refractivity contribution in [2.75, 3.05) is 33.0 Å². The van der Waals surface area contributed by atoms with E-state index in [-0.39, 0.29) is 18.7 Å². The largest absolute Gasteiger partial charge is 0.458 e. The highest BCUT2D eigenvalue weighted by Gasteiger charge is 2.15. The van der Waals surface area contributed by atoms with Crippen molar-refractivity contribution in [3.8, 4) is 0 Å². The minimum Gasteiger partial charge on any atom is -0.458 e. The molecule has 0 saturated carbocycles. The van der Waals surface area contributed by atoms with Gasteiger partial charge in [0, 0.05) is 0 Å². The highest BCUT2D eigenvalue weighted by atomic mass is 16.6. The van der Waals surface area contributed by atoms with Crippen LogP contribution in [0.2, 0.25) is 0 Å². The van der Waals surface area contributed by atoms with Crippen molar-refractivity contribution >= 4 is 5.97 Å². The number of carbonyl (C=O) groups is 1. The Labute approximate surface area is 110 Å². The van der Waals surface area contributed by atoms with Crippen LogP contribution in [0.25, 0.3) is 0 Å². The van der Waals surface area contributed by atoms with Gasteiger partial charge in [-0.25, -0.2) is 4.79 Å². The summed E-state index contributed by atoms with van der Waals surface area (Å²) in [6, 6.07) is 0. The summed E-state index contributed by atoms with van der Waals surface area (Å²) in [5.41, 5.74) is -0.467. The quantitative estimate of drug-likeness (QED) is 0.468. The number of carbonyl (C=O) groups excluding carboxylic acids is 1. The van der Waals surface area contributed by atoms with E-state index < -0.39 is 5.60 Å². The maximum atomic E-state index is 11.3. The van der Waals surface area contributed by atoms with Gasteiger partial charge in [0.25, 0.3) is 0 Å². The van der Waals surface area contributed by atoms with Crippen molar-refractivity contribution in [1.82, 2.24) is 0 Å². The van der Waals surface area contributed by atoms with Crippen molar-refractivity contribution in [2.45, 2.75) is 46.3 Å². The van der Waals surface area contributed by atoms with E-state index in [4.69, 9.17) is 18.9 Å². The van der Waals surface area contributed by atoms with E-state index >= 15 is 0 Å². The molecule has 5 nitrogen and oxygen atoms in total. The van der Waals surface area contributed by atoms with Crippen LogP contribution >= 0.6 is 0 Å². The zero-order valence-corrected chi connectivity index (χ0v) is 12.2. The third-order valence-corrected chi connectivity index (χ3v) is 1.69. The predicted molar refractivity (Wildman–Crippen MR) is 68.6 cm³/mol. The van der Waals surface area contributed by atoms with Crippen LogP contribution in [0.1, 0.15) is 34.6 Å². The van der Waals surface area contributed by atoms with Gasteiger partial charge in [-0.05, 0) is 34.6 Å². The summed E-state index contributed by atoms with van der Waals surface area (Å²) in [7, 11) is 0. The molecule has 0 aliphatic rings. The lowest BCUT2D eigenvalue weighted by molar-refractivity contribution is -0.160. The van der Waals surface area contributed by atoms with Crippen LogP contribution in [-0.4, -0.2) is 50.7 Å². The summed E-state index contributed by atoms with van der Waals surface area (Å²) < 4.78 is 20.8. The van der Waals surface area contributed by atoms with E-state index in [0.29, 0.717) is 26.4 Å². The highest BCUT2D eigenvalue weighted by molar-refractivity contribution is 5.71. The fourth-order valence-electron chi connectivity index (χ4n) is 1.09. The van der Waals surface area contributed by atoms with Gasteiger partial charge < -0.3 is 18.9 Å². The zero-order valence-electron chi connectivity index (χ0n) is 12.2. The molecule has 5 heteroatoms.